The van der Waals surface area contributed by atoms with Crippen LogP contribution in [0, 0.1) is 12.7 Å². The van der Waals surface area contributed by atoms with Crippen LogP contribution in [0.2, 0.25) is 0 Å². The molecular formula is C13H10FNO2. The lowest BCUT2D eigenvalue weighted by Crippen LogP contribution is -1.93. The number of aldehydes is 1. The van der Waals surface area contributed by atoms with Gasteiger partial charge in [0.2, 0.25) is 5.88 Å². The van der Waals surface area contributed by atoms with Crippen LogP contribution in [-0.4, -0.2) is 11.3 Å². The van der Waals surface area contributed by atoms with Crippen molar-refractivity contribution in [2.24, 2.45) is 0 Å². The fourth-order valence-electron chi connectivity index (χ4n) is 1.40. The minimum atomic E-state index is -0.371. The van der Waals surface area contributed by atoms with E-state index in [-0.39, 0.29) is 5.82 Å². The summed E-state index contributed by atoms with van der Waals surface area (Å²) in [4.78, 5) is 14.5. The summed E-state index contributed by atoms with van der Waals surface area (Å²) >= 11 is 0. The Kier molecular flexibility index (Phi) is 3.14. The summed E-state index contributed by atoms with van der Waals surface area (Å²) in [5, 5.41) is 0. The molecule has 0 radical (unpaired) electrons. The van der Waals surface area contributed by atoms with Gasteiger partial charge in [-0.25, -0.2) is 9.37 Å². The highest BCUT2D eigenvalue weighted by Gasteiger charge is 2.04. The topological polar surface area (TPSA) is 39.2 Å². The van der Waals surface area contributed by atoms with Gasteiger partial charge in [0.15, 0.2) is 6.29 Å². The summed E-state index contributed by atoms with van der Waals surface area (Å²) in [7, 11) is 0. The zero-order valence-electron chi connectivity index (χ0n) is 9.18. The van der Waals surface area contributed by atoms with Crippen molar-refractivity contribution in [3.8, 4) is 11.6 Å². The van der Waals surface area contributed by atoms with Crippen LogP contribution >= 0.6 is 0 Å². The zero-order valence-corrected chi connectivity index (χ0v) is 9.18. The third-order valence-corrected chi connectivity index (χ3v) is 2.20. The van der Waals surface area contributed by atoms with E-state index in [0.717, 1.165) is 5.56 Å². The SMILES string of the molecule is Cc1cc(C=O)cnc1Oc1cccc(F)c1. The van der Waals surface area contributed by atoms with E-state index in [1.807, 2.05) is 0 Å². The molecule has 0 saturated heterocycles. The van der Waals surface area contributed by atoms with E-state index >= 15 is 0 Å². The van der Waals surface area contributed by atoms with E-state index in [1.54, 1.807) is 25.1 Å². The van der Waals surface area contributed by atoms with E-state index < -0.39 is 0 Å². The largest absolute Gasteiger partial charge is 0.439 e. The van der Waals surface area contributed by atoms with Crippen LogP contribution in [0.3, 0.4) is 0 Å². The molecule has 0 bridgehead atoms. The Labute approximate surface area is 97.9 Å². The summed E-state index contributed by atoms with van der Waals surface area (Å²) < 4.78 is 18.4. The predicted octanol–water partition coefficient (Wildman–Crippen LogP) is 3.13. The van der Waals surface area contributed by atoms with Crippen molar-refractivity contribution in [1.82, 2.24) is 4.98 Å². The van der Waals surface area contributed by atoms with Gasteiger partial charge in [-0.3, -0.25) is 4.79 Å². The van der Waals surface area contributed by atoms with Crippen molar-refractivity contribution in [3.05, 3.63) is 53.5 Å². The molecule has 2 rings (SSSR count). The van der Waals surface area contributed by atoms with E-state index in [0.29, 0.717) is 23.5 Å². The second-order valence-electron chi connectivity index (χ2n) is 3.57. The molecule has 0 spiro atoms. The van der Waals surface area contributed by atoms with Crippen LogP contribution in [0.4, 0.5) is 4.39 Å². The van der Waals surface area contributed by atoms with Crippen LogP contribution < -0.4 is 4.74 Å². The molecule has 1 aromatic heterocycles. The maximum atomic E-state index is 12.9. The first-order chi connectivity index (χ1) is 8.19. The average molecular weight is 231 g/mol. The standard InChI is InChI=1S/C13H10FNO2/c1-9-5-10(8-16)7-15-13(9)17-12-4-2-3-11(14)6-12/h2-8H,1H3. The van der Waals surface area contributed by atoms with Crippen molar-refractivity contribution < 1.29 is 13.9 Å². The summed E-state index contributed by atoms with van der Waals surface area (Å²) in [6, 6.07) is 7.46. The maximum Gasteiger partial charge on any atom is 0.222 e. The first-order valence-electron chi connectivity index (χ1n) is 5.04. The van der Waals surface area contributed by atoms with Gasteiger partial charge in [0.1, 0.15) is 11.6 Å². The molecule has 3 nitrogen and oxygen atoms in total. The number of halogens is 1. The Morgan fingerprint density at radius 2 is 2.18 bits per heavy atom. The van der Waals surface area contributed by atoms with E-state index in [9.17, 15) is 9.18 Å². The minimum absolute atomic E-state index is 0.362. The van der Waals surface area contributed by atoms with Crippen LogP contribution in [0.25, 0.3) is 0 Å². The van der Waals surface area contributed by atoms with Gasteiger partial charge >= 0.3 is 0 Å². The molecule has 1 heterocycles. The van der Waals surface area contributed by atoms with E-state index in [4.69, 9.17) is 4.74 Å². The third kappa shape index (κ3) is 2.66. The summed E-state index contributed by atoms with van der Waals surface area (Å²) in [5.41, 5.74) is 1.20. The number of benzene rings is 1. The fraction of sp³-hybridized carbons (Fsp3) is 0.0769. The van der Waals surface area contributed by atoms with Crippen molar-refractivity contribution in [1.29, 1.82) is 0 Å². The van der Waals surface area contributed by atoms with E-state index in [1.165, 1.54) is 18.3 Å². The smallest absolute Gasteiger partial charge is 0.222 e. The molecule has 86 valence electrons. The van der Waals surface area contributed by atoms with Crippen LogP contribution in [0.15, 0.2) is 36.5 Å². The molecule has 17 heavy (non-hydrogen) atoms. The summed E-state index contributed by atoms with van der Waals surface area (Å²) in [5.74, 6) is 0.366. The number of pyridine rings is 1. The lowest BCUT2D eigenvalue weighted by atomic mass is 10.2. The predicted molar refractivity (Wildman–Crippen MR) is 60.8 cm³/mol. The number of hydrogen-bond donors (Lipinski definition) is 0. The van der Waals surface area contributed by atoms with Crippen molar-refractivity contribution in [3.63, 3.8) is 0 Å². The molecular weight excluding hydrogens is 221 g/mol. The monoisotopic (exact) mass is 231 g/mol. The number of rotatable bonds is 3. The normalized spacial score (nSPS) is 10.0. The third-order valence-electron chi connectivity index (χ3n) is 2.20. The van der Waals surface area contributed by atoms with Crippen LogP contribution in [0.1, 0.15) is 15.9 Å². The highest BCUT2D eigenvalue weighted by Crippen LogP contribution is 2.23. The van der Waals surface area contributed by atoms with Gasteiger partial charge in [-0.2, -0.15) is 0 Å². The van der Waals surface area contributed by atoms with Crippen LogP contribution in [-0.2, 0) is 0 Å². The molecule has 0 aliphatic heterocycles. The van der Waals surface area contributed by atoms with Gasteiger partial charge < -0.3 is 4.74 Å². The quantitative estimate of drug-likeness (QED) is 0.762. The van der Waals surface area contributed by atoms with Crippen molar-refractivity contribution in [2.75, 3.05) is 0 Å². The summed E-state index contributed by atoms with van der Waals surface area (Å²) in [6.07, 6.45) is 2.13. The molecule has 0 fully saturated rings. The van der Waals surface area contributed by atoms with Gasteiger partial charge in [0, 0.05) is 23.4 Å². The maximum absolute atomic E-state index is 12.9. The highest BCUT2D eigenvalue weighted by atomic mass is 19.1. The van der Waals surface area contributed by atoms with Gasteiger partial charge in [0.25, 0.3) is 0 Å². The van der Waals surface area contributed by atoms with Gasteiger partial charge in [-0.05, 0) is 25.1 Å². The molecule has 0 saturated carbocycles. The highest BCUT2D eigenvalue weighted by molar-refractivity contribution is 5.74. The number of hydrogen-bond acceptors (Lipinski definition) is 3. The second kappa shape index (κ2) is 4.74. The Bertz CT molecular complexity index is 555. The second-order valence-corrected chi connectivity index (χ2v) is 3.57. The minimum Gasteiger partial charge on any atom is -0.439 e. The number of carbonyl (C=O) groups is 1. The lowest BCUT2D eigenvalue weighted by molar-refractivity contribution is 0.112. The molecule has 0 amide bonds. The molecule has 0 unspecified atom stereocenters. The molecule has 0 atom stereocenters. The Hall–Kier alpha value is -2.23. The number of nitrogens with zero attached hydrogens (tertiary/aromatic N) is 1. The number of aromatic nitrogens is 1. The fourth-order valence-corrected chi connectivity index (χ4v) is 1.40. The number of carbonyl (C=O) groups excluding carboxylic acids is 1. The molecule has 0 N–H and O–H groups in total. The van der Waals surface area contributed by atoms with Gasteiger partial charge in [-0.1, -0.05) is 6.07 Å². The zero-order chi connectivity index (χ0) is 12.3. The van der Waals surface area contributed by atoms with Crippen LogP contribution in [0.5, 0.6) is 11.6 Å². The lowest BCUT2D eigenvalue weighted by Gasteiger charge is -2.07. The van der Waals surface area contributed by atoms with Crippen molar-refractivity contribution in [2.45, 2.75) is 6.92 Å². The molecule has 2 aromatic rings. The Balaban J connectivity index is 2.27. The molecule has 4 heteroatoms. The number of aryl methyl sites for hydroxylation is 1. The summed E-state index contributed by atoms with van der Waals surface area (Å²) in [6.45, 7) is 1.77. The number of ether oxygens (including phenoxy) is 1. The van der Waals surface area contributed by atoms with E-state index in [2.05, 4.69) is 4.98 Å². The first-order valence-corrected chi connectivity index (χ1v) is 5.04. The molecule has 0 aliphatic rings. The average Bonchev–Trinajstić information content (AvgIpc) is 2.32. The molecule has 1 aromatic carbocycles. The van der Waals surface area contributed by atoms with Crippen molar-refractivity contribution >= 4 is 6.29 Å². The van der Waals surface area contributed by atoms with Gasteiger partial charge in [-0.15, -0.1) is 0 Å². The Morgan fingerprint density at radius 3 is 2.82 bits per heavy atom. The molecule has 0 aliphatic carbocycles. The Morgan fingerprint density at radius 1 is 1.35 bits per heavy atom. The first kappa shape index (κ1) is 11.3. The van der Waals surface area contributed by atoms with Gasteiger partial charge in [0.05, 0.1) is 0 Å².